The smallest absolute Gasteiger partial charge is 0.228 e. The molecule has 126 valence electrons. The molecule has 0 saturated heterocycles. The SMILES string of the molecule is C[C@@H](N)CCCN(C)C(=N)N.C[C@@H](N)CCON=C(N)N. The Morgan fingerprint density at radius 3 is 2.05 bits per heavy atom. The Kier molecular flexibility index (Phi) is 13.6. The number of nitrogens with two attached hydrogens (primary N) is 5. The second-order valence-corrected chi connectivity index (χ2v) is 5.04. The highest BCUT2D eigenvalue weighted by molar-refractivity contribution is 5.75. The number of hydrogen-bond donors (Lipinski definition) is 6. The largest absolute Gasteiger partial charge is 0.393 e. The van der Waals surface area contributed by atoms with Crippen LogP contribution in [0.2, 0.25) is 0 Å². The van der Waals surface area contributed by atoms with E-state index in [0.29, 0.717) is 6.61 Å². The maximum Gasteiger partial charge on any atom is 0.228 e. The minimum absolute atomic E-state index is 0.0651. The molecule has 0 aliphatic heterocycles. The molecule has 0 bridgehead atoms. The molecular formula is C12H32N8O. The number of rotatable bonds is 8. The van der Waals surface area contributed by atoms with Crippen molar-refractivity contribution >= 4 is 11.9 Å². The van der Waals surface area contributed by atoms with Crippen molar-refractivity contribution in [3.63, 3.8) is 0 Å². The van der Waals surface area contributed by atoms with Crippen LogP contribution >= 0.6 is 0 Å². The van der Waals surface area contributed by atoms with Crippen molar-refractivity contribution < 1.29 is 4.84 Å². The van der Waals surface area contributed by atoms with E-state index in [1.54, 1.807) is 4.90 Å². The molecule has 9 heteroatoms. The quantitative estimate of drug-likeness (QED) is 0.142. The van der Waals surface area contributed by atoms with Gasteiger partial charge in [-0.3, -0.25) is 5.41 Å². The lowest BCUT2D eigenvalue weighted by Crippen LogP contribution is -2.34. The number of nitrogens with zero attached hydrogens (tertiary/aromatic N) is 2. The van der Waals surface area contributed by atoms with E-state index in [4.69, 9.17) is 34.1 Å². The predicted octanol–water partition coefficient (Wildman–Crippen LogP) is -1.13. The Hall–Kier alpha value is -1.74. The van der Waals surface area contributed by atoms with Gasteiger partial charge in [-0.15, -0.1) is 0 Å². The van der Waals surface area contributed by atoms with E-state index in [2.05, 4.69) is 9.99 Å². The molecule has 9 nitrogen and oxygen atoms in total. The van der Waals surface area contributed by atoms with Crippen LogP contribution in [0.1, 0.15) is 33.1 Å². The molecule has 11 N–H and O–H groups in total. The van der Waals surface area contributed by atoms with Crippen LogP contribution in [0.15, 0.2) is 5.16 Å². The first-order valence-corrected chi connectivity index (χ1v) is 6.94. The van der Waals surface area contributed by atoms with Gasteiger partial charge >= 0.3 is 0 Å². The van der Waals surface area contributed by atoms with Gasteiger partial charge in [0.2, 0.25) is 5.96 Å². The fourth-order valence-corrected chi connectivity index (χ4v) is 1.13. The lowest BCUT2D eigenvalue weighted by molar-refractivity contribution is 0.137. The van der Waals surface area contributed by atoms with Gasteiger partial charge in [0.15, 0.2) is 5.96 Å². The van der Waals surface area contributed by atoms with E-state index in [1.165, 1.54) is 0 Å². The highest BCUT2D eigenvalue weighted by atomic mass is 16.6. The van der Waals surface area contributed by atoms with Gasteiger partial charge in [-0.2, -0.15) is 0 Å². The third-order valence-corrected chi connectivity index (χ3v) is 2.40. The standard InChI is InChI=1S/C7H18N4.C5H14N4O/c1-6(8)4-3-5-11(2)7(9)10;1-4(6)2-3-10-9-5(7)8/h6H,3-5,8H2,1-2H3,(H3,9,10);4H,2-3,6H2,1H3,(H4,7,8,9)/t6-;4-/m11/s1. The summed E-state index contributed by atoms with van der Waals surface area (Å²) in [7, 11) is 1.81. The van der Waals surface area contributed by atoms with Crippen molar-refractivity contribution in [1.82, 2.24) is 4.90 Å². The molecule has 0 heterocycles. The average molecular weight is 304 g/mol. The summed E-state index contributed by atoms with van der Waals surface area (Å²) in [6.07, 6.45) is 2.72. The van der Waals surface area contributed by atoms with Gasteiger partial charge in [0.25, 0.3) is 0 Å². The molecule has 2 atom stereocenters. The predicted molar refractivity (Wildman–Crippen MR) is 87.5 cm³/mol. The van der Waals surface area contributed by atoms with Crippen LogP contribution in [0.25, 0.3) is 0 Å². The summed E-state index contributed by atoms with van der Waals surface area (Å²) in [6.45, 7) is 5.14. The molecule has 21 heavy (non-hydrogen) atoms. The highest BCUT2D eigenvalue weighted by Gasteiger charge is 1.99. The second-order valence-electron chi connectivity index (χ2n) is 5.04. The molecule has 0 fully saturated rings. The number of oxime groups is 1. The van der Waals surface area contributed by atoms with Crippen LogP contribution in [0.3, 0.4) is 0 Å². The van der Waals surface area contributed by atoms with Crippen molar-refractivity contribution in [2.24, 2.45) is 33.8 Å². The van der Waals surface area contributed by atoms with Crippen LogP contribution in [0, 0.1) is 5.41 Å². The average Bonchev–Trinajstić information content (AvgIpc) is 2.34. The van der Waals surface area contributed by atoms with Crippen LogP contribution in [-0.4, -0.2) is 49.1 Å². The van der Waals surface area contributed by atoms with Crippen LogP contribution < -0.4 is 28.7 Å². The Balaban J connectivity index is 0. The maximum atomic E-state index is 7.06. The highest BCUT2D eigenvalue weighted by Crippen LogP contribution is 1.94. The molecule has 0 aromatic rings. The first-order valence-electron chi connectivity index (χ1n) is 6.94. The minimum Gasteiger partial charge on any atom is -0.393 e. The first kappa shape index (κ1) is 21.6. The Morgan fingerprint density at radius 1 is 1.14 bits per heavy atom. The summed E-state index contributed by atoms with van der Waals surface area (Å²) in [4.78, 5) is 6.37. The summed E-state index contributed by atoms with van der Waals surface area (Å²) in [5.74, 6) is 0.0550. The zero-order valence-electron chi connectivity index (χ0n) is 13.4. The molecule has 0 aromatic heterocycles. The minimum atomic E-state index is -0.0651. The van der Waals surface area contributed by atoms with E-state index < -0.39 is 0 Å². The lowest BCUT2D eigenvalue weighted by Gasteiger charge is -2.16. The monoisotopic (exact) mass is 304 g/mol. The number of guanidine groups is 2. The van der Waals surface area contributed by atoms with Crippen molar-refractivity contribution in [1.29, 1.82) is 5.41 Å². The third-order valence-electron chi connectivity index (χ3n) is 2.40. The van der Waals surface area contributed by atoms with Gasteiger partial charge in [-0.25, -0.2) is 0 Å². The van der Waals surface area contributed by atoms with E-state index >= 15 is 0 Å². The fourth-order valence-electron chi connectivity index (χ4n) is 1.13. The third kappa shape index (κ3) is 20.7. The van der Waals surface area contributed by atoms with Gasteiger partial charge in [0, 0.05) is 25.7 Å². The van der Waals surface area contributed by atoms with Crippen molar-refractivity contribution in [2.45, 2.75) is 45.2 Å². The van der Waals surface area contributed by atoms with Gasteiger partial charge in [-0.05, 0) is 38.3 Å². The Morgan fingerprint density at radius 2 is 1.67 bits per heavy atom. The van der Waals surface area contributed by atoms with E-state index in [9.17, 15) is 0 Å². The molecule has 0 aliphatic carbocycles. The molecule has 0 unspecified atom stereocenters. The van der Waals surface area contributed by atoms with Crippen molar-refractivity contribution in [3.8, 4) is 0 Å². The summed E-state index contributed by atoms with van der Waals surface area (Å²) in [5.41, 5.74) is 26.2. The van der Waals surface area contributed by atoms with Crippen LogP contribution in [0.5, 0.6) is 0 Å². The second kappa shape index (κ2) is 13.3. The van der Waals surface area contributed by atoms with Crippen molar-refractivity contribution in [3.05, 3.63) is 0 Å². The van der Waals surface area contributed by atoms with Gasteiger partial charge in [0.05, 0.1) is 0 Å². The van der Waals surface area contributed by atoms with E-state index in [-0.39, 0.29) is 24.0 Å². The summed E-state index contributed by atoms with van der Waals surface area (Å²) in [5, 5.41) is 10.4. The first-order chi connectivity index (χ1) is 9.66. The van der Waals surface area contributed by atoms with Crippen LogP contribution in [-0.2, 0) is 4.84 Å². The summed E-state index contributed by atoms with van der Waals surface area (Å²) < 4.78 is 0. The fraction of sp³-hybridized carbons (Fsp3) is 0.833. The van der Waals surface area contributed by atoms with Crippen LogP contribution in [0.4, 0.5) is 0 Å². The molecule has 0 aromatic carbocycles. The summed E-state index contributed by atoms with van der Waals surface area (Å²) >= 11 is 0. The molecule has 0 rings (SSSR count). The zero-order chi connectivity index (χ0) is 16.8. The molecule has 0 amide bonds. The zero-order valence-corrected chi connectivity index (χ0v) is 13.4. The molecule has 0 aliphatic rings. The van der Waals surface area contributed by atoms with E-state index in [1.807, 2.05) is 20.9 Å². The lowest BCUT2D eigenvalue weighted by atomic mass is 10.2. The topological polar surface area (TPSA) is 179 Å². The summed E-state index contributed by atoms with van der Waals surface area (Å²) in [6, 6.07) is 0.365. The molecular weight excluding hydrogens is 272 g/mol. The molecule has 0 saturated carbocycles. The number of nitrogens with one attached hydrogen (secondary N) is 1. The Labute approximate surface area is 127 Å². The normalized spacial score (nSPS) is 12.4. The number of hydrogen-bond acceptors (Lipinski definition) is 5. The maximum absolute atomic E-state index is 7.06. The van der Waals surface area contributed by atoms with Gasteiger partial charge in [0.1, 0.15) is 6.61 Å². The van der Waals surface area contributed by atoms with Gasteiger partial charge < -0.3 is 38.4 Å². The van der Waals surface area contributed by atoms with E-state index in [0.717, 1.165) is 25.8 Å². The Bertz CT molecular complexity index is 289. The molecule has 0 spiro atoms. The molecule has 0 radical (unpaired) electrons. The van der Waals surface area contributed by atoms with Gasteiger partial charge in [-0.1, -0.05) is 0 Å². The van der Waals surface area contributed by atoms with Crippen molar-refractivity contribution in [2.75, 3.05) is 20.2 Å².